The molecule has 0 fully saturated rings. The molecule has 0 spiro atoms. The van der Waals surface area contributed by atoms with Crippen molar-refractivity contribution in [3.8, 4) is 5.75 Å². The van der Waals surface area contributed by atoms with E-state index >= 15 is 0 Å². The standard InChI is InChI=1S/C7H5NO3/c9-7-4-6-5(8-11-7)2-1-3-10-6/h1-2,4H,3H2. The van der Waals surface area contributed by atoms with Gasteiger partial charge in [0.05, 0.1) is 6.07 Å². The van der Waals surface area contributed by atoms with Crippen LogP contribution in [0.5, 0.6) is 5.75 Å². The van der Waals surface area contributed by atoms with E-state index < -0.39 is 5.63 Å². The molecule has 0 atom stereocenters. The van der Waals surface area contributed by atoms with E-state index in [-0.39, 0.29) is 0 Å². The topological polar surface area (TPSA) is 52.3 Å². The number of nitrogens with zero attached hydrogens (tertiary/aromatic N) is 1. The van der Waals surface area contributed by atoms with Crippen LogP contribution in [-0.4, -0.2) is 11.8 Å². The van der Waals surface area contributed by atoms with Crippen LogP contribution in [-0.2, 0) is 0 Å². The van der Waals surface area contributed by atoms with Crippen LogP contribution in [0.15, 0.2) is 21.5 Å². The predicted molar refractivity (Wildman–Crippen MR) is 37.3 cm³/mol. The highest BCUT2D eigenvalue weighted by Crippen LogP contribution is 2.17. The van der Waals surface area contributed by atoms with Crippen molar-refractivity contribution in [1.29, 1.82) is 0 Å². The Kier molecular flexibility index (Phi) is 1.25. The highest BCUT2D eigenvalue weighted by atomic mass is 16.5. The zero-order valence-corrected chi connectivity index (χ0v) is 5.61. The summed E-state index contributed by atoms with van der Waals surface area (Å²) in [5.41, 5.74) is 0.0786. The normalized spacial score (nSPS) is 13.8. The molecule has 1 aromatic rings. The van der Waals surface area contributed by atoms with Gasteiger partial charge in [-0.3, -0.25) is 0 Å². The van der Waals surface area contributed by atoms with E-state index in [4.69, 9.17) is 4.74 Å². The molecule has 0 bridgehead atoms. The highest BCUT2D eigenvalue weighted by molar-refractivity contribution is 5.53. The molecule has 0 N–H and O–H groups in total. The highest BCUT2D eigenvalue weighted by Gasteiger charge is 2.07. The number of fused-ring (bicyclic) bond motifs is 1. The molecule has 0 aromatic carbocycles. The molecule has 0 saturated heterocycles. The van der Waals surface area contributed by atoms with Crippen LogP contribution in [0.25, 0.3) is 6.08 Å². The fourth-order valence-electron chi connectivity index (χ4n) is 0.872. The monoisotopic (exact) mass is 151 g/mol. The number of hydrogen-bond donors (Lipinski definition) is 0. The Morgan fingerprint density at radius 2 is 2.45 bits per heavy atom. The van der Waals surface area contributed by atoms with Gasteiger partial charge in [-0.25, -0.2) is 4.79 Å². The summed E-state index contributed by atoms with van der Waals surface area (Å²) in [7, 11) is 0. The molecule has 2 heterocycles. The van der Waals surface area contributed by atoms with Gasteiger partial charge in [-0.05, 0) is 12.2 Å². The maximum atomic E-state index is 10.6. The van der Waals surface area contributed by atoms with Crippen molar-refractivity contribution in [2.75, 3.05) is 6.61 Å². The Morgan fingerprint density at radius 3 is 3.36 bits per heavy atom. The van der Waals surface area contributed by atoms with Gasteiger partial charge in [0.25, 0.3) is 0 Å². The van der Waals surface area contributed by atoms with Gasteiger partial charge in [0.15, 0.2) is 5.75 Å². The molecular weight excluding hydrogens is 146 g/mol. The minimum absolute atomic E-state index is 0.484. The van der Waals surface area contributed by atoms with Gasteiger partial charge in [-0.15, -0.1) is 0 Å². The van der Waals surface area contributed by atoms with Crippen molar-refractivity contribution < 1.29 is 9.26 Å². The van der Waals surface area contributed by atoms with Crippen molar-refractivity contribution >= 4 is 6.08 Å². The maximum Gasteiger partial charge on any atom is 0.362 e. The van der Waals surface area contributed by atoms with Crippen molar-refractivity contribution in [3.63, 3.8) is 0 Å². The van der Waals surface area contributed by atoms with Gasteiger partial charge in [0.2, 0.25) is 0 Å². The van der Waals surface area contributed by atoms with Gasteiger partial charge in [-0.1, -0.05) is 5.16 Å². The first-order valence-electron chi connectivity index (χ1n) is 3.16. The van der Waals surface area contributed by atoms with E-state index in [1.165, 1.54) is 6.07 Å². The average molecular weight is 151 g/mol. The zero-order valence-electron chi connectivity index (χ0n) is 5.61. The molecule has 1 aliphatic rings. The van der Waals surface area contributed by atoms with Gasteiger partial charge in [-0.2, -0.15) is 0 Å². The lowest BCUT2D eigenvalue weighted by Crippen LogP contribution is -2.07. The third-order valence-electron chi connectivity index (χ3n) is 1.35. The van der Waals surface area contributed by atoms with Gasteiger partial charge < -0.3 is 9.26 Å². The van der Waals surface area contributed by atoms with Crippen LogP contribution >= 0.6 is 0 Å². The van der Waals surface area contributed by atoms with E-state index in [0.717, 1.165) is 0 Å². The van der Waals surface area contributed by atoms with Crippen molar-refractivity contribution in [2.24, 2.45) is 0 Å². The summed E-state index contributed by atoms with van der Waals surface area (Å²) in [6.45, 7) is 0.484. The summed E-state index contributed by atoms with van der Waals surface area (Å²) < 4.78 is 9.48. The summed E-state index contributed by atoms with van der Waals surface area (Å²) in [6, 6.07) is 1.28. The van der Waals surface area contributed by atoms with Gasteiger partial charge >= 0.3 is 5.63 Å². The Morgan fingerprint density at radius 1 is 1.55 bits per heavy atom. The number of aromatic nitrogens is 1. The second kappa shape index (κ2) is 2.23. The molecule has 0 aliphatic carbocycles. The SMILES string of the molecule is O=c1cc2c(no1)C=CCO2. The largest absolute Gasteiger partial charge is 0.487 e. The number of hydrogen-bond acceptors (Lipinski definition) is 4. The maximum absolute atomic E-state index is 10.6. The van der Waals surface area contributed by atoms with E-state index in [9.17, 15) is 4.79 Å². The molecule has 56 valence electrons. The average Bonchev–Trinajstić information content (AvgIpc) is 2.04. The fourth-order valence-corrected chi connectivity index (χ4v) is 0.872. The van der Waals surface area contributed by atoms with Crippen molar-refractivity contribution in [2.45, 2.75) is 0 Å². The fraction of sp³-hybridized carbons (Fsp3) is 0.143. The quantitative estimate of drug-likeness (QED) is 0.539. The predicted octanol–water partition coefficient (Wildman–Crippen LogP) is 0.440. The van der Waals surface area contributed by atoms with Crippen molar-refractivity contribution in [3.05, 3.63) is 28.3 Å². The Labute approximate surface area is 62.1 Å². The third kappa shape index (κ3) is 1.02. The first-order valence-corrected chi connectivity index (χ1v) is 3.16. The minimum atomic E-state index is -0.487. The van der Waals surface area contributed by atoms with Crippen LogP contribution in [0.4, 0.5) is 0 Å². The first kappa shape index (κ1) is 6.15. The minimum Gasteiger partial charge on any atom is -0.487 e. The number of ether oxygens (including phenoxy) is 1. The Bertz CT molecular complexity index is 353. The molecule has 11 heavy (non-hydrogen) atoms. The van der Waals surface area contributed by atoms with E-state index in [2.05, 4.69) is 9.68 Å². The van der Waals surface area contributed by atoms with Crippen LogP contribution < -0.4 is 10.4 Å². The molecule has 0 saturated carbocycles. The Hall–Kier alpha value is -1.58. The summed E-state index contributed by atoms with van der Waals surface area (Å²) >= 11 is 0. The smallest absolute Gasteiger partial charge is 0.362 e. The summed E-state index contributed by atoms with van der Waals surface area (Å²) in [6.07, 6.45) is 3.55. The second-order valence-corrected chi connectivity index (χ2v) is 2.11. The molecule has 0 amide bonds. The third-order valence-corrected chi connectivity index (χ3v) is 1.35. The van der Waals surface area contributed by atoms with E-state index in [1.807, 2.05) is 0 Å². The molecule has 2 rings (SSSR count). The summed E-state index contributed by atoms with van der Waals surface area (Å²) in [4.78, 5) is 10.6. The van der Waals surface area contributed by atoms with Crippen molar-refractivity contribution in [1.82, 2.24) is 5.16 Å². The number of rotatable bonds is 0. The molecular formula is C7H5NO3. The molecule has 0 radical (unpaired) electrons. The molecule has 4 nitrogen and oxygen atoms in total. The molecule has 4 heteroatoms. The first-order chi connectivity index (χ1) is 5.36. The molecule has 1 aliphatic heterocycles. The Balaban J connectivity index is 2.62. The lowest BCUT2D eigenvalue weighted by Gasteiger charge is -2.07. The van der Waals surface area contributed by atoms with Crippen LogP contribution in [0.2, 0.25) is 0 Å². The summed E-state index contributed by atoms with van der Waals surface area (Å²) in [5, 5.41) is 3.52. The summed E-state index contributed by atoms with van der Waals surface area (Å²) in [5.74, 6) is 0.490. The van der Waals surface area contributed by atoms with Gasteiger partial charge in [0, 0.05) is 0 Å². The lowest BCUT2D eigenvalue weighted by atomic mass is 10.3. The zero-order chi connectivity index (χ0) is 7.68. The van der Waals surface area contributed by atoms with Crippen LogP contribution in [0.1, 0.15) is 5.69 Å². The van der Waals surface area contributed by atoms with E-state index in [1.54, 1.807) is 12.2 Å². The molecule has 0 unspecified atom stereocenters. The van der Waals surface area contributed by atoms with Crippen LogP contribution in [0.3, 0.4) is 0 Å². The second-order valence-electron chi connectivity index (χ2n) is 2.11. The van der Waals surface area contributed by atoms with Gasteiger partial charge in [0.1, 0.15) is 12.3 Å². The van der Waals surface area contributed by atoms with Crippen LogP contribution in [0, 0.1) is 0 Å². The van der Waals surface area contributed by atoms with E-state index in [0.29, 0.717) is 18.1 Å². The molecule has 1 aromatic heterocycles. The lowest BCUT2D eigenvalue weighted by molar-refractivity contribution is 0.317.